The van der Waals surface area contributed by atoms with Crippen molar-refractivity contribution >= 4 is 6.03 Å². The van der Waals surface area contributed by atoms with Gasteiger partial charge in [-0.2, -0.15) is 0 Å². The maximum absolute atomic E-state index is 12.4. The lowest BCUT2D eigenvalue weighted by Crippen LogP contribution is -2.47. The highest BCUT2D eigenvalue weighted by molar-refractivity contribution is 5.75. The molecule has 0 bridgehead atoms. The van der Waals surface area contributed by atoms with Crippen molar-refractivity contribution in [3.63, 3.8) is 0 Å². The third-order valence-corrected chi connectivity index (χ3v) is 4.43. The molecule has 1 aromatic rings. The molecule has 20 heavy (non-hydrogen) atoms. The average Bonchev–Trinajstić information content (AvgIpc) is 2.75. The highest BCUT2D eigenvalue weighted by atomic mass is 16.3. The first-order valence-electron chi connectivity index (χ1n) is 7.46. The van der Waals surface area contributed by atoms with Crippen LogP contribution in [0.15, 0.2) is 24.3 Å². The average molecular weight is 274 g/mol. The number of amides is 2. The topological polar surface area (TPSA) is 52.6 Å². The molecular weight excluding hydrogens is 252 g/mol. The molecule has 1 aliphatic heterocycles. The van der Waals surface area contributed by atoms with E-state index in [4.69, 9.17) is 0 Å². The molecule has 1 saturated heterocycles. The molecule has 0 saturated carbocycles. The number of piperidine rings is 1. The first-order valence-corrected chi connectivity index (χ1v) is 7.46. The summed E-state index contributed by atoms with van der Waals surface area (Å²) in [5, 5.41) is 13.2. The van der Waals surface area contributed by atoms with Gasteiger partial charge in [-0.05, 0) is 29.9 Å². The van der Waals surface area contributed by atoms with Crippen LogP contribution in [0.5, 0.6) is 0 Å². The normalized spacial score (nSPS) is 29.1. The van der Waals surface area contributed by atoms with Crippen LogP contribution < -0.4 is 5.32 Å². The molecular formula is C16H22N2O2. The number of nitrogens with one attached hydrogen (secondary N) is 1. The Kier molecular flexibility index (Phi) is 3.66. The summed E-state index contributed by atoms with van der Waals surface area (Å²) in [7, 11) is 0. The Bertz CT molecular complexity index is 503. The zero-order valence-corrected chi connectivity index (χ0v) is 11.9. The number of hydrogen-bond donors (Lipinski definition) is 2. The van der Waals surface area contributed by atoms with Gasteiger partial charge in [0.1, 0.15) is 0 Å². The van der Waals surface area contributed by atoms with Gasteiger partial charge in [0, 0.05) is 19.5 Å². The highest BCUT2D eigenvalue weighted by Crippen LogP contribution is 2.31. The third kappa shape index (κ3) is 2.52. The number of carbonyl (C=O) groups excluding carboxylic acids is 1. The Morgan fingerprint density at radius 3 is 3.00 bits per heavy atom. The highest BCUT2D eigenvalue weighted by Gasteiger charge is 2.33. The van der Waals surface area contributed by atoms with Crippen LogP contribution in [0.3, 0.4) is 0 Å². The Morgan fingerprint density at radius 1 is 1.40 bits per heavy atom. The van der Waals surface area contributed by atoms with Crippen LogP contribution in [0, 0.1) is 5.92 Å². The zero-order chi connectivity index (χ0) is 14.1. The smallest absolute Gasteiger partial charge is 0.317 e. The fraction of sp³-hybridized carbons (Fsp3) is 0.562. The Labute approximate surface area is 119 Å². The lowest BCUT2D eigenvalue weighted by molar-refractivity contribution is 0.127. The van der Waals surface area contributed by atoms with E-state index < -0.39 is 6.10 Å². The number of benzene rings is 1. The Morgan fingerprint density at radius 2 is 2.20 bits per heavy atom. The molecule has 3 atom stereocenters. The summed E-state index contributed by atoms with van der Waals surface area (Å²) >= 11 is 0. The third-order valence-electron chi connectivity index (χ3n) is 4.43. The minimum Gasteiger partial charge on any atom is -0.390 e. The molecule has 1 unspecified atom stereocenters. The molecule has 4 heteroatoms. The number of aliphatic hydroxyl groups excluding tert-OH is 1. The second kappa shape index (κ2) is 5.44. The van der Waals surface area contributed by atoms with Crippen molar-refractivity contribution in [2.24, 2.45) is 5.92 Å². The van der Waals surface area contributed by atoms with Gasteiger partial charge in [0.05, 0.1) is 12.1 Å². The van der Waals surface area contributed by atoms with E-state index in [2.05, 4.69) is 12.2 Å². The molecule has 108 valence electrons. The summed E-state index contributed by atoms with van der Waals surface area (Å²) in [5.41, 5.74) is 2.19. The summed E-state index contributed by atoms with van der Waals surface area (Å²) in [5.74, 6) is 0.565. The van der Waals surface area contributed by atoms with Gasteiger partial charge in [-0.25, -0.2) is 4.79 Å². The molecule has 1 aliphatic carbocycles. The summed E-state index contributed by atoms with van der Waals surface area (Å²) in [6.07, 6.45) is 2.37. The van der Waals surface area contributed by atoms with Crippen molar-refractivity contribution in [3.8, 4) is 0 Å². The van der Waals surface area contributed by atoms with Crippen LogP contribution in [0.25, 0.3) is 0 Å². The molecule has 2 amide bonds. The molecule has 0 radical (unpaired) electrons. The summed E-state index contributed by atoms with van der Waals surface area (Å²) in [6, 6.07) is 7.64. The van der Waals surface area contributed by atoms with E-state index in [-0.39, 0.29) is 12.1 Å². The predicted molar refractivity (Wildman–Crippen MR) is 77.4 cm³/mol. The molecule has 0 aromatic heterocycles. The van der Waals surface area contributed by atoms with Gasteiger partial charge in [0.2, 0.25) is 0 Å². The van der Waals surface area contributed by atoms with Crippen LogP contribution in [-0.4, -0.2) is 35.2 Å². The first-order chi connectivity index (χ1) is 9.65. The zero-order valence-electron chi connectivity index (χ0n) is 11.9. The molecule has 2 aliphatic rings. The molecule has 1 fully saturated rings. The van der Waals surface area contributed by atoms with Gasteiger partial charge in [0.25, 0.3) is 0 Å². The van der Waals surface area contributed by atoms with Gasteiger partial charge in [-0.15, -0.1) is 0 Å². The monoisotopic (exact) mass is 274 g/mol. The van der Waals surface area contributed by atoms with E-state index in [0.717, 1.165) is 30.6 Å². The number of aliphatic hydroxyl groups is 1. The lowest BCUT2D eigenvalue weighted by Gasteiger charge is -2.32. The van der Waals surface area contributed by atoms with Crippen molar-refractivity contribution in [3.05, 3.63) is 35.4 Å². The van der Waals surface area contributed by atoms with Gasteiger partial charge in [-0.3, -0.25) is 0 Å². The number of fused-ring (bicyclic) bond motifs is 1. The molecule has 1 heterocycles. The van der Waals surface area contributed by atoms with Crippen molar-refractivity contribution < 1.29 is 9.90 Å². The first kappa shape index (κ1) is 13.4. The summed E-state index contributed by atoms with van der Waals surface area (Å²) in [6.45, 7) is 3.82. The Hall–Kier alpha value is -1.55. The van der Waals surface area contributed by atoms with Gasteiger partial charge >= 0.3 is 6.03 Å². The summed E-state index contributed by atoms with van der Waals surface area (Å²) in [4.78, 5) is 14.2. The van der Waals surface area contributed by atoms with E-state index in [1.807, 2.05) is 29.2 Å². The molecule has 1 aromatic carbocycles. The van der Waals surface area contributed by atoms with Crippen LogP contribution in [0.4, 0.5) is 4.79 Å². The van der Waals surface area contributed by atoms with Crippen LogP contribution in [0.2, 0.25) is 0 Å². The van der Waals surface area contributed by atoms with Crippen LogP contribution >= 0.6 is 0 Å². The van der Waals surface area contributed by atoms with E-state index >= 15 is 0 Å². The van der Waals surface area contributed by atoms with E-state index in [1.165, 1.54) is 6.42 Å². The second-order valence-electron chi connectivity index (χ2n) is 6.09. The number of carbonyl (C=O) groups is 1. The molecule has 2 N–H and O–H groups in total. The largest absolute Gasteiger partial charge is 0.390 e. The number of urea groups is 1. The van der Waals surface area contributed by atoms with Gasteiger partial charge < -0.3 is 15.3 Å². The van der Waals surface area contributed by atoms with Crippen molar-refractivity contribution in [2.75, 3.05) is 13.1 Å². The number of likely N-dealkylation sites (tertiary alicyclic amines) is 1. The van der Waals surface area contributed by atoms with E-state index in [0.29, 0.717) is 12.3 Å². The quantitative estimate of drug-likeness (QED) is 0.824. The van der Waals surface area contributed by atoms with Crippen LogP contribution in [-0.2, 0) is 6.42 Å². The Balaban J connectivity index is 1.70. The van der Waals surface area contributed by atoms with Gasteiger partial charge in [-0.1, -0.05) is 31.2 Å². The maximum atomic E-state index is 12.4. The van der Waals surface area contributed by atoms with Crippen molar-refractivity contribution in [1.29, 1.82) is 0 Å². The van der Waals surface area contributed by atoms with Gasteiger partial charge in [0.15, 0.2) is 0 Å². The minimum absolute atomic E-state index is 0.0442. The molecule has 4 nitrogen and oxygen atoms in total. The maximum Gasteiger partial charge on any atom is 0.317 e. The SMILES string of the molecule is CC1CCCN(C(=O)N[C@@H]2c3ccccc3C[C@@H]2O)C1. The predicted octanol–water partition coefficient (Wildman–Crippen LogP) is 2.09. The lowest BCUT2D eigenvalue weighted by atomic mass is 10.0. The minimum atomic E-state index is -0.515. The van der Waals surface area contributed by atoms with Crippen molar-refractivity contribution in [1.82, 2.24) is 10.2 Å². The fourth-order valence-electron chi connectivity index (χ4n) is 3.35. The number of hydrogen-bond acceptors (Lipinski definition) is 2. The van der Waals surface area contributed by atoms with Crippen LogP contribution in [0.1, 0.15) is 36.9 Å². The summed E-state index contributed by atoms with van der Waals surface area (Å²) < 4.78 is 0. The second-order valence-corrected chi connectivity index (χ2v) is 6.09. The number of rotatable bonds is 1. The number of nitrogens with zero attached hydrogens (tertiary/aromatic N) is 1. The van der Waals surface area contributed by atoms with Crippen molar-refractivity contribution in [2.45, 2.75) is 38.3 Å². The fourth-order valence-corrected chi connectivity index (χ4v) is 3.35. The van der Waals surface area contributed by atoms with E-state index in [1.54, 1.807) is 0 Å². The molecule has 3 rings (SSSR count). The van der Waals surface area contributed by atoms with E-state index in [9.17, 15) is 9.90 Å². The molecule has 0 spiro atoms. The standard InChI is InChI=1S/C16H22N2O2/c1-11-5-4-8-18(10-11)16(20)17-15-13-7-3-2-6-12(13)9-14(15)19/h2-3,6-7,11,14-15,19H,4-5,8-10H2,1H3,(H,17,20)/t11?,14-,15+/m0/s1.